The number of hydrogen-bond donors (Lipinski definition) is 1. The van der Waals surface area contributed by atoms with Gasteiger partial charge in [0.15, 0.2) is 5.96 Å². The third-order valence-corrected chi connectivity index (χ3v) is 6.24. The predicted molar refractivity (Wildman–Crippen MR) is 121 cm³/mol. The summed E-state index contributed by atoms with van der Waals surface area (Å²) in [7, 11) is 0. The van der Waals surface area contributed by atoms with Gasteiger partial charge in [-0.05, 0) is 69.4 Å². The van der Waals surface area contributed by atoms with Crippen LogP contribution in [-0.4, -0.2) is 67.5 Å². The maximum atomic E-state index is 6.16. The molecule has 3 fully saturated rings. The van der Waals surface area contributed by atoms with Gasteiger partial charge in [-0.3, -0.25) is 0 Å². The first kappa shape index (κ1) is 22.3. The Labute approximate surface area is 186 Å². The average molecular weight is 431 g/mol. The quantitative estimate of drug-likeness (QED) is 0.478. The third kappa shape index (κ3) is 7.35. The number of aliphatic imine (C=N–C) groups is 1. The van der Waals surface area contributed by atoms with Crippen LogP contribution < -0.4 is 10.1 Å². The third-order valence-electron chi connectivity index (χ3n) is 6.24. The van der Waals surface area contributed by atoms with Gasteiger partial charge in [0.05, 0.1) is 32.0 Å². The number of aromatic nitrogens is 1. The van der Waals surface area contributed by atoms with E-state index in [1.165, 1.54) is 25.7 Å². The number of guanidine groups is 1. The minimum Gasteiger partial charge on any atom is -0.477 e. The normalized spacial score (nSPS) is 23.1. The zero-order valence-electron chi connectivity index (χ0n) is 18.9. The van der Waals surface area contributed by atoms with Gasteiger partial charge in [0.25, 0.3) is 0 Å². The van der Waals surface area contributed by atoms with Crippen molar-refractivity contribution < 1.29 is 14.2 Å². The van der Waals surface area contributed by atoms with Gasteiger partial charge in [-0.15, -0.1) is 0 Å². The van der Waals surface area contributed by atoms with Crippen molar-refractivity contribution >= 4 is 5.96 Å². The van der Waals surface area contributed by atoms with Crippen LogP contribution in [0.2, 0.25) is 0 Å². The Kier molecular flexibility index (Phi) is 8.41. The van der Waals surface area contributed by atoms with Crippen molar-refractivity contribution in [2.75, 3.05) is 39.5 Å². The Bertz CT molecular complexity index is 696. The number of likely N-dealkylation sites (tertiary alicyclic amines) is 1. The molecule has 0 radical (unpaired) electrons. The van der Waals surface area contributed by atoms with Crippen molar-refractivity contribution in [1.82, 2.24) is 15.2 Å². The van der Waals surface area contributed by atoms with Crippen LogP contribution in [0.1, 0.15) is 57.4 Å². The van der Waals surface area contributed by atoms with Gasteiger partial charge < -0.3 is 24.4 Å². The Hall–Kier alpha value is -1.86. The van der Waals surface area contributed by atoms with Gasteiger partial charge in [0.2, 0.25) is 5.88 Å². The molecule has 1 aromatic heterocycles. The summed E-state index contributed by atoms with van der Waals surface area (Å²) in [4.78, 5) is 11.6. The van der Waals surface area contributed by atoms with Crippen molar-refractivity contribution in [3.05, 3.63) is 23.9 Å². The highest BCUT2D eigenvalue weighted by Gasteiger charge is 2.24. The van der Waals surface area contributed by atoms with E-state index in [2.05, 4.69) is 22.1 Å². The molecule has 172 valence electrons. The predicted octanol–water partition coefficient (Wildman–Crippen LogP) is 3.39. The molecular weight excluding hydrogens is 392 g/mol. The van der Waals surface area contributed by atoms with E-state index in [0.717, 1.165) is 76.2 Å². The summed E-state index contributed by atoms with van der Waals surface area (Å²) in [5, 5.41) is 3.45. The van der Waals surface area contributed by atoms with Crippen LogP contribution in [0.5, 0.6) is 5.88 Å². The van der Waals surface area contributed by atoms with Crippen LogP contribution in [0, 0.1) is 5.92 Å². The van der Waals surface area contributed by atoms with Crippen LogP contribution in [0.3, 0.4) is 0 Å². The number of piperidine rings is 1. The molecule has 0 aromatic carbocycles. The van der Waals surface area contributed by atoms with E-state index in [1.54, 1.807) is 0 Å². The fourth-order valence-corrected chi connectivity index (χ4v) is 4.12. The average Bonchev–Trinajstić information content (AvgIpc) is 3.65. The van der Waals surface area contributed by atoms with Crippen molar-refractivity contribution in [3.63, 3.8) is 0 Å². The molecule has 1 aliphatic carbocycles. The molecule has 3 aliphatic rings. The lowest BCUT2D eigenvalue weighted by atomic mass is 10.1. The Morgan fingerprint density at radius 2 is 2.06 bits per heavy atom. The Balaban J connectivity index is 1.24. The van der Waals surface area contributed by atoms with E-state index >= 15 is 0 Å². The Morgan fingerprint density at radius 3 is 2.81 bits per heavy atom. The first-order valence-corrected chi connectivity index (χ1v) is 12.1. The molecule has 1 N–H and O–H groups in total. The van der Waals surface area contributed by atoms with Crippen LogP contribution in [0.4, 0.5) is 0 Å². The van der Waals surface area contributed by atoms with Gasteiger partial charge in [0, 0.05) is 38.5 Å². The number of ether oxygens (including phenoxy) is 3. The monoisotopic (exact) mass is 430 g/mol. The molecule has 4 rings (SSSR count). The second-order valence-electron chi connectivity index (χ2n) is 8.94. The van der Waals surface area contributed by atoms with Crippen molar-refractivity contribution in [2.45, 2.75) is 70.6 Å². The van der Waals surface area contributed by atoms with Crippen LogP contribution in [0.25, 0.3) is 0 Å². The summed E-state index contributed by atoms with van der Waals surface area (Å²) in [6.45, 7) is 7.95. The summed E-state index contributed by atoms with van der Waals surface area (Å²) < 4.78 is 17.8. The van der Waals surface area contributed by atoms with E-state index in [-0.39, 0.29) is 0 Å². The van der Waals surface area contributed by atoms with Crippen molar-refractivity contribution in [3.8, 4) is 5.88 Å². The van der Waals surface area contributed by atoms with Gasteiger partial charge >= 0.3 is 0 Å². The summed E-state index contributed by atoms with van der Waals surface area (Å²) in [6, 6.07) is 4.04. The van der Waals surface area contributed by atoms with Gasteiger partial charge in [-0.2, -0.15) is 0 Å². The molecular formula is C24H38N4O3. The minimum atomic E-state index is 0.296. The van der Waals surface area contributed by atoms with Crippen LogP contribution in [0.15, 0.2) is 23.3 Å². The van der Waals surface area contributed by atoms with Crippen LogP contribution in [-0.2, 0) is 16.0 Å². The molecule has 0 amide bonds. The minimum absolute atomic E-state index is 0.296. The maximum absolute atomic E-state index is 6.16. The van der Waals surface area contributed by atoms with E-state index in [0.29, 0.717) is 24.6 Å². The van der Waals surface area contributed by atoms with Gasteiger partial charge in [0.1, 0.15) is 0 Å². The smallest absolute Gasteiger partial charge is 0.213 e. The number of nitrogens with one attached hydrogen (secondary N) is 1. The van der Waals surface area contributed by atoms with Crippen LogP contribution >= 0.6 is 0 Å². The zero-order chi connectivity index (χ0) is 21.3. The number of pyridine rings is 1. The molecule has 31 heavy (non-hydrogen) atoms. The molecule has 7 nitrogen and oxygen atoms in total. The highest BCUT2D eigenvalue weighted by molar-refractivity contribution is 5.80. The fraction of sp³-hybridized carbons (Fsp3) is 0.750. The number of hydrogen-bond acceptors (Lipinski definition) is 5. The lowest BCUT2D eigenvalue weighted by Gasteiger charge is -2.35. The van der Waals surface area contributed by atoms with Gasteiger partial charge in [-0.25, -0.2) is 9.98 Å². The molecule has 7 heteroatoms. The molecule has 0 bridgehead atoms. The Morgan fingerprint density at radius 1 is 1.19 bits per heavy atom. The second kappa shape index (κ2) is 11.7. The van der Waals surface area contributed by atoms with Crippen molar-refractivity contribution in [2.24, 2.45) is 10.9 Å². The van der Waals surface area contributed by atoms with E-state index in [9.17, 15) is 0 Å². The molecule has 2 aliphatic heterocycles. The molecule has 0 spiro atoms. The summed E-state index contributed by atoms with van der Waals surface area (Å²) in [5.74, 6) is 2.42. The SMILES string of the molecule is CCNC(=NCc1ccnc(OCC2CC2)c1)N1CCC(OCC2CCCCO2)CC1. The number of rotatable bonds is 9. The second-order valence-corrected chi connectivity index (χ2v) is 8.94. The zero-order valence-corrected chi connectivity index (χ0v) is 18.9. The van der Waals surface area contributed by atoms with Crippen molar-refractivity contribution in [1.29, 1.82) is 0 Å². The van der Waals surface area contributed by atoms with E-state index < -0.39 is 0 Å². The topological polar surface area (TPSA) is 68.2 Å². The lowest BCUT2D eigenvalue weighted by molar-refractivity contribution is -0.0721. The maximum Gasteiger partial charge on any atom is 0.213 e. The molecule has 3 heterocycles. The highest BCUT2D eigenvalue weighted by Crippen LogP contribution is 2.29. The molecule has 1 atom stereocenters. The molecule has 1 aromatic rings. The standard InChI is InChI=1S/C24H38N4O3/c1-2-25-24(27-16-20-8-11-26-23(15-20)31-17-19-6-7-19)28-12-9-21(10-13-28)30-18-22-5-3-4-14-29-22/h8,11,15,19,21-22H,2-7,9-10,12-14,16-18H2,1H3,(H,25,27). The highest BCUT2D eigenvalue weighted by atomic mass is 16.5. The summed E-state index contributed by atoms with van der Waals surface area (Å²) >= 11 is 0. The first-order chi connectivity index (χ1) is 15.3. The molecule has 1 unspecified atom stereocenters. The van der Waals surface area contributed by atoms with E-state index in [1.807, 2.05) is 18.3 Å². The largest absolute Gasteiger partial charge is 0.477 e. The molecule has 1 saturated carbocycles. The molecule has 2 saturated heterocycles. The first-order valence-electron chi connectivity index (χ1n) is 12.1. The summed E-state index contributed by atoms with van der Waals surface area (Å²) in [5.41, 5.74) is 1.13. The van der Waals surface area contributed by atoms with E-state index in [4.69, 9.17) is 19.2 Å². The number of nitrogens with zero attached hydrogens (tertiary/aromatic N) is 3. The van der Waals surface area contributed by atoms with Gasteiger partial charge in [-0.1, -0.05) is 0 Å². The summed E-state index contributed by atoms with van der Waals surface area (Å²) in [6.07, 6.45) is 10.7. The fourth-order valence-electron chi connectivity index (χ4n) is 4.12. The lowest BCUT2D eigenvalue weighted by Crippen LogP contribution is -2.47.